The molecule has 1 aliphatic heterocycles. The van der Waals surface area contributed by atoms with Gasteiger partial charge >= 0.3 is 0 Å². The third-order valence-corrected chi connectivity index (χ3v) is 5.76. The summed E-state index contributed by atoms with van der Waals surface area (Å²) < 4.78 is 0. The second-order valence-electron chi connectivity index (χ2n) is 7.40. The molecule has 1 atom stereocenters. The van der Waals surface area contributed by atoms with Gasteiger partial charge in [-0.2, -0.15) is 0 Å². The van der Waals surface area contributed by atoms with Gasteiger partial charge in [-0.3, -0.25) is 4.79 Å². The second kappa shape index (κ2) is 7.51. The maximum atomic E-state index is 13.7. The van der Waals surface area contributed by atoms with E-state index in [2.05, 4.69) is 24.0 Å². The third kappa shape index (κ3) is 3.23. The average molecular weight is 358 g/mol. The van der Waals surface area contributed by atoms with Gasteiger partial charge in [-0.15, -0.1) is 0 Å². The lowest BCUT2D eigenvalue weighted by Gasteiger charge is -2.36. The number of aromatic nitrogens is 1. The van der Waals surface area contributed by atoms with E-state index in [0.717, 1.165) is 59.1 Å². The molecule has 4 rings (SSSR count). The fourth-order valence-electron chi connectivity index (χ4n) is 4.30. The largest absolute Gasteiger partial charge is 0.336 e. The molecule has 1 aliphatic rings. The fourth-order valence-corrected chi connectivity index (χ4v) is 4.30. The van der Waals surface area contributed by atoms with E-state index in [1.54, 1.807) is 0 Å². The molecule has 0 bridgehead atoms. The van der Waals surface area contributed by atoms with Crippen molar-refractivity contribution in [3.05, 3.63) is 65.7 Å². The monoisotopic (exact) mass is 358 g/mol. The predicted molar refractivity (Wildman–Crippen MR) is 111 cm³/mol. The molecule has 1 fully saturated rings. The molecule has 1 aromatic heterocycles. The normalized spacial score (nSPS) is 17.3. The number of benzene rings is 2. The molecule has 138 valence electrons. The van der Waals surface area contributed by atoms with Gasteiger partial charge in [-0.05, 0) is 44.2 Å². The van der Waals surface area contributed by atoms with Crippen molar-refractivity contribution in [2.75, 3.05) is 6.54 Å². The van der Waals surface area contributed by atoms with Crippen LogP contribution in [-0.4, -0.2) is 28.4 Å². The zero-order chi connectivity index (χ0) is 18.8. The smallest absolute Gasteiger partial charge is 0.255 e. The lowest BCUT2D eigenvalue weighted by atomic mass is 9.94. The fraction of sp³-hybridized carbons (Fsp3) is 0.333. The number of piperidine rings is 1. The highest BCUT2D eigenvalue weighted by Crippen LogP contribution is 2.32. The van der Waals surface area contributed by atoms with E-state index < -0.39 is 0 Å². The first-order valence-corrected chi connectivity index (χ1v) is 9.96. The first kappa shape index (κ1) is 17.7. The Morgan fingerprint density at radius 2 is 1.81 bits per heavy atom. The molecule has 1 amide bonds. The van der Waals surface area contributed by atoms with Crippen molar-refractivity contribution < 1.29 is 4.79 Å². The summed E-state index contributed by atoms with van der Waals surface area (Å²) in [6.45, 7) is 5.08. The summed E-state index contributed by atoms with van der Waals surface area (Å²) >= 11 is 0. The SMILES string of the molecule is CCC1CCCCN1C(=O)c1c(C)c(-c2ccccc2)nc2ccccc12. The maximum absolute atomic E-state index is 13.7. The minimum absolute atomic E-state index is 0.162. The van der Waals surface area contributed by atoms with E-state index in [1.807, 2.05) is 49.4 Å². The Hall–Kier alpha value is -2.68. The van der Waals surface area contributed by atoms with E-state index in [9.17, 15) is 4.79 Å². The van der Waals surface area contributed by atoms with Crippen LogP contribution in [0.3, 0.4) is 0 Å². The minimum atomic E-state index is 0.162. The highest BCUT2D eigenvalue weighted by molar-refractivity contribution is 6.09. The van der Waals surface area contributed by atoms with Crippen molar-refractivity contribution >= 4 is 16.8 Å². The summed E-state index contributed by atoms with van der Waals surface area (Å²) in [5.74, 6) is 0.162. The number of para-hydroxylation sites is 1. The van der Waals surface area contributed by atoms with Gasteiger partial charge in [-0.1, -0.05) is 55.5 Å². The van der Waals surface area contributed by atoms with Crippen LogP contribution in [0.5, 0.6) is 0 Å². The number of amides is 1. The number of hydrogen-bond donors (Lipinski definition) is 0. The lowest BCUT2D eigenvalue weighted by Crippen LogP contribution is -2.43. The molecule has 0 aliphatic carbocycles. The van der Waals surface area contributed by atoms with Gasteiger partial charge < -0.3 is 4.90 Å². The molecule has 27 heavy (non-hydrogen) atoms. The zero-order valence-corrected chi connectivity index (χ0v) is 16.1. The molecular weight excluding hydrogens is 332 g/mol. The number of carbonyl (C=O) groups excluding carboxylic acids is 1. The summed E-state index contributed by atoms with van der Waals surface area (Å²) in [7, 11) is 0. The summed E-state index contributed by atoms with van der Waals surface area (Å²) in [4.78, 5) is 20.7. The van der Waals surface area contributed by atoms with Gasteiger partial charge in [-0.25, -0.2) is 4.98 Å². The number of rotatable bonds is 3. The summed E-state index contributed by atoms with van der Waals surface area (Å²) in [5, 5.41) is 0.958. The number of nitrogens with zero attached hydrogens (tertiary/aromatic N) is 2. The second-order valence-corrected chi connectivity index (χ2v) is 7.40. The van der Waals surface area contributed by atoms with Crippen LogP contribution in [-0.2, 0) is 0 Å². The van der Waals surface area contributed by atoms with Gasteiger partial charge in [0, 0.05) is 23.5 Å². The van der Waals surface area contributed by atoms with Crippen molar-refractivity contribution in [2.24, 2.45) is 0 Å². The summed E-state index contributed by atoms with van der Waals surface area (Å²) in [6.07, 6.45) is 4.43. The standard InChI is InChI=1S/C24H26N2O/c1-3-19-13-9-10-16-26(19)24(27)22-17(2)23(18-11-5-4-6-12-18)25-21-15-8-7-14-20(21)22/h4-8,11-12,14-15,19H,3,9-10,13,16H2,1-2H3. The zero-order valence-electron chi connectivity index (χ0n) is 16.1. The highest BCUT2D eigenvalue weighted by atomic mass is 16.2. The Morgan fingerprint density at radius 3 is 2.59 bits per heavy atom. The predicted octanol–water partition coefficient (Wildman–Crippen LogP) is 5.61. The van der Waals surface area contributed by atoms with Crippen molar-refractivity contribution in [1.82, 2.24) is 9.88 Å². The molecule has 1 unspecified atom stereocenters. The Balaban J connectivity index is 1.91. The van der Waals surface area contributed by atoms with E-state index in [0.29, 0.717) is 6.04 Å². The molecular formula is C24H26N2O. The molecule has 0 spiro atoms. The number of fused-ring (bicyclic) bond motifs is 1. The van der Waals surface area contributed by atoms with Gasteiger partial charge in [0.05, 0.1) is 16.8 Å². The van der Waals surface area contributed by atoms with Crippen molar-refractivity contribution in [3.8, 4) is 11.3 Å². The van der Waals surface area contributed by atoms with Crippen molar-refractivity contribution in [2.45, 2.75) is 45.6 Å². The van der Waals surface area contributed by atoms with E-state index in [1.165, 1.54) is 6.42 Å². The highest BCUT2D eigenvalue weighted by Gasteiger charge is 2.29. The molecule has 0 saturated carbocycles. The van der Waals surface area contributed by atoms with Crippen LogP contribution in [0.15, 0.2) is 54.6 Å². The Bertz CT molecular complexity index is 965. The molecule has 2 aromatic carbocycles. The Kier molecular flexibility index (Phi) is 4.93. The average Bonchev–Trinajstić information content (AvgIpc) is 2.73. The Morgan fingerprint density at radius 1 is 1.07 bits per heavy atom. The van der Waals surface area contributed by atoms with Crippen LogP contribution in [0.1, 0.15) is 48.5 Å². The van der Waals surface area contributed by atoms with Crippen molar-refractivity contribution in [3.63, 3.8) is 0 Å². The molecule has 3 heteroatoms. The molecule has 0 radical (unpaired) electrons. The van der Waals surface area contributed by atoms with Crippen LogP contribution in [0, 0.1) is 6.92 Å². The van der Waals surface area contributed by atoms with Gasteiger partial charge in [0.2, 0.25) is 0 Å². The number of hydrogen-bond acceptors (Lipinski definition) is 2. The Labute approximate surface area is 161 Å². The van der Waals surface area contributed by atoms with Crippen LogP contribution in [0.2, 0.25) is 0 Å². The topological polar surface area (TPSA) is 33.2 Å². The van der Waals surface area contributed by atoms with Gasteiger partial charge in [0.25, 0.3) is 5.91 Å². The van der Waals surface area contributed by atoms with Crippen LogP contribution in [0.4, 0.5) is 0 Å². The molecule has 3 nitrogen and oxygen atoms in total. The number of carbonyl (C=O) groups is 1. The van der Waals surface area contributed by atoms with E-state index in [4.69, 9.17) is 4.98 Å². The summed E-state index contributed by atoms with van der Waals surface area (Å²) in [5.41, 5.74) is 4.64. The van der Waals surface area contributed by atoms with Gasteiger partial charge in [0.1, 0.15) is 0 Å². The van der Waals surface area contributed by atoms with Crippen molar-refractivity contribution in [1.29, 1.82) is 0 Å². The van der Waals surface area contributed by atoms with Crippen LogP contribution >= 0.6 is 0 Å². The maximum Gasteiger partial charge on any atom is 0.255 e. The van der Waals surface area contributed by atoms with Crippen LogP contribution < -0.4 is 0 Å². The molecule has 3 aromatic rings. The first-order valence-electron chi connectivity index (χ1n) is 9.96. The molecule has 0 N–H and O–H groups in total. The molecule has 2 heterocycles. The lowest BCUT2D eigenvalue weighted by molar-refractivity contribution is 0.0609. The third-order valence-electron chi connectivity index (χ3n) is 5.76. The van der Waals surface area contributed by atoms with E-state index >= 15 is 0 Å². The minimum Gasteiger partial charge on any atom is -0.336 e. The molecule has 1 saturated heterocycles. The number of pyridine rings is 1. The number of likely N-dealkylation sites (tertiary alicyclic amines) is 1. The first-order chi connectivity index (χ1) is 13.2. The summed E-state index contributed by atoms with van der Waals surface area (Å²) in [6, 6.07) is 18.5. The quantitative estimate of drug-likeness (QED) is 0.609. The van der Waals surface area contributed by atoms with E-state index in [-0.39, 0.29) is 5.91 Å². The van der Waals surface area contributed by atoms with Crippen LogP contribution in [0.25, 0.3) is 22.2 Å². The van der Waals surface area contributed by atoms with Gasteiger partial charge in [0.15, 0.2) is 0 Å².